The largest absolute Gasteiger partial charge is 0.489 e. The first-order valence-corrected chi connectivity index (χ1v) is 5.58. The van der Waals surface area contributed by atoms with Crippen LogP contribution >= 0.6 is 0 Å². The minimum absolute atomic E-state index is 0.0333. The van der Waals surface area contributed by atoms with Crippen LogP contribution in [0.25, 0.3) is 11.0 Å². The number of aromatic nitrogens is 2. The SMILES string of the molecule is CCc1nc2ccc(OC(C)CN)cc2[nH]1. The van der Waals surface area contributed by atoms with Crippen molar-refractivity contribution in [3.05, 3.63) is 24.0 Å². The zero-order chi connectivity index (χ0) is 11.5. The van der Waals surface area contributed by atoms with Crippen LogP contribution in [0.2, 0.25) is 0 Å². The second-order valence-corrected chi connectivity index (χ2v) is 3.88. The van der Waals surface area contributed by atoms with E-state index in [1.54, 1.807) is 0 Å². The van der Waals surface area contributed by atoms with Crippen LogP contribution in [0, 0.1) is 0 Å². The van der Waals surface area contributed by atoms with Crippen LogP contribution in [0.1, 0.15) is 19.7 Å². The number of H-pyrrole nitrogens is 1. The quantitative estimate of drug-likeness (QED) is 0.824. The lowest BCUT2D eigenvalue weighted by molar-refractivity contribution is 0.230. The van der Waals surface area contributed by atoms with E-state index < -0.39 is 0 Å². The van der Waals surface area contributed by atoms with Gasteiger partial charge in [0.05, 0.1) is 11.0 Å². The Balaban J connectivity index is 2.28. The van der Waals surface area contributed by atoms with Crippen LogP contribution in [0.15, 0.2) is 18.2 Å². The predicted molar refractivity (Wildman–Crippen MR) is 64.6 cm³/mol. The first-order chi connectivity index (χ1) is 7.72. The molecule has 0 aliphatic carbocycles. The van der Waals surface area contributed by atoms with E-state index in [2.05, 4.69) is 16.9 Å². The number of benzene rings is 1. The summed E-state index contributed by atoms with van der Waals surface area (Å²) in [5, 5.41) is 0. The molecule has 2 aromatic rings. The highest BCUT2D eigenvalue weighted by Gasteiger charge is 2.05. The zero-order valence-corrected chi connectivity index (χ0v) is 9.66. The maximum atomic E-state index is 5.64. The number of nitrogens with zero attached hydrogens (tertiary/aromatic N) is 1. The Morgan fingerprint density at radius 1 is 1.50 bits per heavy atom. The van der Waals surface area contributed by atoms with Gasteiger partial charge in [0.1, 0.15) is 17.7 Å². The van der Waals surface area contributed by atoms with Crippen molar-refractivity contribution in [1.82, 2.24) is 9.97 Å². The van der Waals surface area contributed by atoms with Gasteiger partial charge in [0.25, 0.3) is 0 Å². The molecule has 1 heterocycles. The Bertz CT molecular complexity index is 478. The fourth-order valence-corrected chi connectivity index (χ4v) is 1.56. The van der Waals surface area contributed by atoms with Gasteiger partial charge in [-0.2, -0.15) is 0 Å². The summed E-state index contributed by atoms with van der Waals surface area (Å²) < 4.78 is 5.64. The number of fused-ring (bicyclic) bond motifs is 1. The van der Waals surface area contributed by atoms with Gasteiger partial charge in [0.15, 0.2) is 0 Å². The smallest absolute Gasteiger partial charge is 0.122 e. The summed E-state index contributed by atoms with van der Waals surface area (Å²) in [6, 6.07) is 5.85. The molecular formula is C12H17N3O. The van der Waals surface area contributed by atoms with Gasteiger partial charge in [-0.1, -0.05) is 6.92 Å². The summed E-state index contributed by atoms with van der Waals surface area (Å²) in [6.45, 7) is 4.54. The minimum Gasteiger partial charge on any atom is -0.489 e. The highest BCUT2D eigenvalue weighted by molar-refractivity contribution is 5.76. The lowest BCUT2D eigenvalue weighted by Crippen LogP contribution is -2.22. The summed E-state index contributed by atoms with van der Waals surface area (Å²) in [6.07, 6.45) is 0.940. The van der Waals surface area contributed by atoms with Crippen LogP contribution in [0.3, 0.4) is 0 Å². The van der Waals surface area contributed by atoms with E-state index in [-0.39, 0.29) is 6.10 Å². The number of nitrogens with two attached hydrogens (primary N) is 1. The third-order valence-corrected chi connectivity index (χ3v) is 2.51. The third-order valence-electron chi connectivity index (χ3n) is 2.51. The van der Waals surface area contributed by atoms with E-state index in [1.165, 1.54) is 0 Å². The van der Waals surface area contributed by atoms with Crippen molar-refractivity contribution in [2.75, 3.05) is 6.54 Å². The van der Waals surface area contributed by atoms with E-state index in [1.807, 2.05) is 25.1 Å². The summed E-state index contributed by atoms with van der Waals surface area (Å²) in [5.74, 6) is 1.83. The first-order valence-electron chi connectivity index (χ1n) is 5.58. The van der Waals surface area contributed by atoms with Crippen LogP contribution in [-0.2, 0) is 6.42 Å². The van der Waals surface area contributed by atoms with Crippen LogP contribution in [0.4, 0.5) is 0 Å². The number of hydrogen-bond acceptors (Lipinski definition) is 3. The van der Waals surface area contributed by atoms with Gasteiger partial charge in [-0.3, -0.25) is 0 Å². The molecule has 0 fully saturated rings. The number of aromatic amines is 1. The highest BCUT2D eigenvalue weighted by Crippen LogP contribution is 2.20. The number of aryl methyl sites for hydroxylation is 1. The number of rotatable bonds is 4. The molecule has 1 atom stereocenters. The number of hydrogen-bond donors (Lipinski definition) is 2. The standard InChI is InChI=1S/C12H17N3O/c1-3-12-14-10-5-4-9(6-11(10)15-12)16-8(2)7-13/h4-6,8H,3,7,13H2,1-2H3,(H,14,15). The average molecular weight is 219 g/mol. The second kappa shape index (κ2) is 4.53. The van der Waals surface area contributed by atoms with Crippen LogP contribution < -0.4 is 10.5 Å². The summed E-state index contributed by atoms with van der Waals surface area (Å²) in [7, 11) is 0. The molecule has 4 nitrogen and oxygen atoms in total. The molecule has 0 spiro atoms. The molecule has 4 heteroatoms. The van der Waals surface area contributed by atoms with Crippen molar-refractivity contribution in [3.8, 4) is 5.75 Å². The molecule has 3 N–H and O–H groups in total. The monoisotopic (exact) mass is 219 g/mol. The molecule has 16 heavy (non-hydrogen) atoms. The van der Waals surface area contributed by atoms with Gasteiger partial charge >= 0.3 is 0 Å². The molecule has 1 unspecified atom stereocenters. The van der Waals surface area contributed by atoms with E-state index in [0.717, 1.165) is 29.0 Å². The molecule has 0 saturated heterocycles. The zero-order valence-electron chi connectivity index (χ0n) is 9.66. The molecule has 0 aliphatic rings. The summed E-state index contributed by atoms with van der Waals surface area (Å²) in [4.78, 5) is 7.69. The van der Waals surface area contributed by atoms with Gasteiger partial charge < -0.3 is 15.5 Å². The van der Waals surface area contributed by atoms with Crippen molar-refractivity contribution >= 4 is 11.0 Å². The Morgan fingerprint density at radius 3 is 3.00 bits per heavy atom. The third kappa shape index (κ3) is 2.17. The number of imidazole rings is 1. The van der Waals surface area contributed by atoms with Crippen molar-refractivity contribution < 1.29 is 4.74 Å². The number of nitrogens with one attached hydrogen (secondary N) is 1. The fraction of sp³-hybridized carbons (Fsp3) is 0.417. The molecule has 0 saturated carbocycles. The predicted octanol–water partition coefficient (Wildman–Crippen LogP) is 1.85. The Hall–Kier alpha value is -1.55. The molecule has 1 aromatic heterocycles. The van der Waals surface area contributed by atoms with Gasteiger partial charge in [0, 0.05) is 19.0 Å². The van der Waals surface area contributed by atoms with Gasteiger partial charge in [0.2, 0.25) is 0 Å². The summed E-state index contributed by atoms with van der Waals surface area (Å²) >= 11 is 0. The van der Waals surface area contributed by atoms with E-state index in [9.17, 15) is 0 Å². The fourth-order valence-electron chi connectivity index (χ4n) is 1.56. The van der Waals surface area contributed by atoms with Crippen molar-refractivity contribution in [3.63, 3.8) is 0 Å². The van der Waals surface area contributed by atoms with Crippen molar-refractivity contribution in [2.45, 2.75) is 26.4 Å². The molecule has 0 bridgehead atoms. The van der Waals surface area contributed by atoms with E-state index in [0.29, 0.717) is 6.54 Å². The normalized spacial score (nSPS) is 12.9. The first kappa shape index (κ1) is 11.0. The van der Waals surface area contributed by atoms with Crippen LogP contribution in [0.5, 0.6) is 5.75 Å². The van der Waals surface area contributed by atoms with E-state index in [4.69, 9.17) is 10.5 Å². The van der Waals surface area contributed by atoms with Crippen LogP contribution in [-0.4, -0.2) is 22.6 Å². The van der Waals surface area contributed by atoms with Crippen molar-refractivity contribution in [2.24, 2.45) is 5.73 Å². The van der Waals surface area contributed by atoms with Gasteiger partial charge in [-0.25, -0.2) is 4.98 Å². The second-order valence-electron chi connectivity index (χ2n) is 3.88. The minimum atomic E-state index is 0.0333. The van der Waals surface area contributed by atoms with E-state index >= 15 is 0 Å². The Morgan fingerprint density at radius 2 is 2.31 bits per heavy atom. The topological polar surface area (TPSA) is 63.9 Å². The maximum Gasteiger partial charge on any atom is 0.122 e. The van der Waals surface area contributed by atoms with Crippen molar-refractivity contribution in [1.29, 1.82) is 0 Å². The Kier molecular flexibility index (Phi) is 3.10. The molecule has 0 radical (unpaired) electrons. The number of ether oxygens (including phenoxy) is 1. The molecule has 2 rings (SSSR count). The summed E-state index contributed by atoms with van der Waals surface area (Å²) in [5.41, 5.74) is 7.50. The molecule has 86 valence electrons. The average Bonchev–Trinajstić information content (AvgIpc) is 2.71. The molecular weight excluding hydrogens is 202 g/mol. The maximum absolute atomic E-state index is 5.64. The van der Waals surface area contributed by atoms with Gasteiger partial charge in [-0.05, 0) is 19.1 Å². The lowest BCUT2D eigenvalue weighted by atomic mass is 10.3. The lowest BCUT2D eigenvalue weighted by Gasteiger charge is -2.11. The molecule has 0 amide bonds. The highest BCUT2D eigenvalue weighted by atomic mass is 16.5. The Labute approximate surface area is 94.8 Å². The molecule has 1 aromatic carbocycles. The molecule has 0 aliphatic heterocycles. The van der Waals surface area contributed by atoms with Gasteiger partial charge in [-0.15, -0.1) is 0 Å².